The van der Waals surface area contributed by atoms with Crippen molar-refractivity contribution in [3.05, 3.63) is 57.2 Å². The summed E-state index contributed by atoms with van der Waals surface area (Å²) in [5, 5.41) is 11.3. The first-order valence-corrected chi connectivity index (χ1v) is 6.14. The van der Waals surface area contributed by atoms with Gasteiger partial charge in [0, 0.05) is 28.9 Å². The lowest BCUT2D eigenvalue weighted by atomic mass is 10.3. The lowest BCUT2D eigenvalue weighted by molar-refractivity contribution is -0.385. The molecule has 0 aliphatic carbocycles. The smallest absolute Gasteiger partial charge is 0.311 e. The number of benzene rings is 1. The van der Waals surface area contributed by atoms with Gasteiger partial charge in [-0.15, -0.1) is 11.6 Å². The van der Waals surface area contributed by atoms with Gasteiger partial charge in [-0.25, -0.2) is 4.98 Å². The first-order valence-electron chi connectivity index (χ1n) is 5.23. The molecular formula is C12H8Cl2N2O3. The molecule has 5 nitrogen and oxygen atoms in total. The van der Waals surface area contributed by atoms with Crippen LogP contribution in [0.25, 0.3) is 0 Å². The van der Waals surface area contributed by atoms with E-state index in [2.05, 4.69) is 4.98 Å². The monoisotopic (exact) mass is 298 g/mol. The summed E-state index contributed by atoms with van der Waals surface area (Å²) in [6, 6.07) is 7.50. The molecule has 0 unspecified atom stereocenters. The number of aromatic nitrogens is 1. The Balaban J connectivity index is 2.42. The van der Waals surface area contributed by atoms with E-state index in [1.165, 1.54) is 24.4 Å². The number of nitro benzene ring substituents is 1. The number of pyridine rings is 1. The molecule has 0 saturated heterocycles. The van der Waals surface area contributed by atoms with Gasteiger partial charge in [0.05, 0.1) is 10.8 Å². The van der Waals surface area contributed by atoms with Gasteiger partial charge < -0.3 is 4.74 Å². The Morgan fingerprint density at radius 3 is 2.84 bits per heavy atom. The normalized spacial score (nSPS) is 10.2. The van der Waals surface area contributed by atoms with Gasteiger partial charge >= 0.3 is 5.69 Å². The van der Waals surface area contributed by atoms with E-state index in [1.807, 2.05) is 0 Å². The van der Waals surface area contributed by atoms with E-state index in [0.29, 0.717) is 10.6 Å². The minimum atomic E-state index is -0.547. The highest BCUT2D eigenvalue weighted by Gasteiger charge is 2.17. The molecule has 1 aromatic carbocycles. The summed E-state index contributed by atoms with van der Waals surface area (Å²) in [7, 11) is 0. The van der Waals surface area contributed by atoms with Crippen molar-refractivity contribution in [1.82, 2.24) is 4.98 Å². The molecule has 0 aliphatic heterocycles. The molecule has 0 saturated carbocycles. The molecule has 0 atom stereocenters. The highest BCUT2D eigenvalue weighted by Crippen LogP contribution is 2.34. The third-order valence-corrected chi connectivity index (χ3v) is 2.84. The van der Waals surface area contributed by atoms with Gasteiger partial charge in [0.15, 0.2) is 0 Å². The minimum absolute atomic E-state index is 0.0302. The number of hydrogen-bond donors (Lipinski definition) is 0. The first kappa shape index (κ1) is 13.6. The van der Waals surface area contributed by atoms with E-state index >= 15 is 0 Å². The zero-order valence-corrected chi connectivity index (χ0v) is 11.1. The molecule has 0 spiro atoms. The van der Waals surface area contributed by atoms with Crippen LogP contribution in [0.2, 0.25) is 5.02 Å². The van der Waals surface area contributed by atoms with Crippen LogP contribution in [0.1, 0.15) is 5.56 Å². The maximum atomic E-state index is 10.9. The molecule has 98 valence electrons. The van der Waals surface area contributed by atoms with Gasteiger partial charge in [-0.1, -0.05) is 17.7 Å². The number of halogens is 2. The van der Waals surface area contributed by atoms with Crippen molar-refractivity contribution in [1.29, 1.82) is 0 Å². The van der Waals surface area contributed by atoms with E-state index in [4.69, 9.17) is 27.9 Å². The van der Waals surface area contributed by atoms with E-state index < -0.39 is 4.92 Å². The number of ether oxygens (including phenoxy) is 1. The average Bonchev–Trinajstić information content (AvgIpc) is 2.39. The van der Waals surface area contributed by atoms with Crippen molar-refractivity contribution < 1.29 is 9.66 Å². The van der Waals surface area contributed by atoms with Crippen LogP contribution in [0, 0.1) is 10.1 Å². The summed E-state index contributed by atoms with van der Waals surface area (Å²) in [5.41, 5.74) is 0.453. The maximum Gasteiger partial charge on any atom is 0.311 e. The molecule has 0 fully saturated rings. The zero-order valence-electron chi connectivity index (χ0n) is 9.55. The SMILES string of the molecule is O=[N+]([O-])c1ccc(Cl)cc1Oc1ncccc1CCl. The Bertz CT molecular complexity index is 620. The van der Waals surface area contributed by atoms with Gasteiger partial charge in [-0.3, -0.25) is 10.1 Å². The van der Waals surface area contributed by atoms with Gasteiger partial charge in [0.2, 0.25) is 11.6 Å². The van der Waals surface area contributed by atoms with Crippen LogP contribution in [0.15, 0.2) is 36.5 Å². The second kappa shape index (κ2) is 5.86. The van der Waals surface area contributed by atoms with Crippen molar-refractivity contribution in [2.75, 3.05) is 0 Å². The lowest BCUT2D eigenvalue weighted by Crippen LogP contribution is -1.96. The third kappa shape index (κ3) is 3.13. The zero-order chi connectivity index (χ0) is 13.8. The van der Waals surface area contributed by atoms with Gasteiger partial charge in [0.1, 0.15) is 0 Å². The molecule has 0 radical (unpaired) electrons. The molecule has 0 N–H and O–H groups in total. The Hall–Kier alpha value is -1.85. The van der Waals surface area contributed by atoms with Crippen LogP contribution < -0.4 is 4.74 Å². The predicted octanol–water partition coefficient (Wildman–Crippen LogP) is 4.17. The topological polar surface area (TPSA) is 65.3 Å². The second-order valence-corrected chi connectivity index (χ2v) is 4.28. The molecule has 2 rings (SSSR count). The van der Waals surface area contributed by atoms with Crippen molar-refractivity contribution >= 4 is 28.9 Å². The molecule has 19 heavy (non-hydrogen) atoms. The van der Waals surface area contributed by atoms with E-state index in [1.54, 1.807) is 12.1 Å². The maximum absolute atomic E-state index is 10.9. The van der Waals surface area contributed by atoms with Gasteiger partial charge in [-0.2, -0.15) is 0 Å². The first-order chi connectivity index (χ1) is 9.11. The second-order valence-electron chi connectivity index (χ2n) is 3.57. The molecule has 0 bridgehead atoms. The van der Waals surface area contributed by atoms with Gasteiger partial charge in [-0.05, 0) is 12.1 Å². The molecule has 1 aromatic heterocycles. The summed E-state index contributed by atoms with van der Waals surface area (Å²) in [5.74, 6) is 0.447. The van der Waals surface area contributed by atoms with Crippen molar-refractivity contribution in [3.8, 4) is 11.6 Å². The number of nitro groups is 1. The fraction of sp³-hybridized carbons (Fsp3) is 0.0833. The third-order valence-electron chi connectivity index (χ3n) is 2.32. The Kier molecular flexibility index (Phi) is 4.19. The van der Waals surface area contributed by atoms with Crippen molar-refractivity contribution in [2.45, 2.75) is 5.88 Å². The van der Waals surface area contributed by atoms with Gasteiger partial charge in [0.25, 0.3) is 0 Å². The highest BCUT2D eigenvalue weighted by atomic mass is 35.5. The number of nitrogens with zero attached hydrogens (tertiary/aromatic N) is 2. The number of alkyl halides is 1. The Morgan fingerprint density at radius 1 is 1.37 bits per heavy atom. The van der Waals surface area contributed by atoms with Crippen molar-refractivity contribution in [2.24, 2.45) is 0 Å². The number of hydrogen-bond acceptors (Lipinski definition) is 4. The Labute approximate surface area is 118 Å². The summed E-state index contributed by atoms with van der Waals surface area (Å²) < 4.78 is 5.45. The summed E-state index contributed by atoms with van der Waals surface area (Å²) in [4.78, 5) is 14.4. The van der Waals surface area contributed by atoms with Crippen LogP contribution in [0.5, 0.6) is 11.6 Å². The van der Waals surface area contributed by atoms with Crippen LogP contribution in [-0.2, 0) is 5.88 Å². The van der Waals surface area contributed by atoms with Crippen LogP contribution >= 0.6 is 23.2 Å². The van der Waals surface area contributed by atoms with E-state index in [-0.39, 0.29) is 23.2 Å². The standard InChI is InChI=1S/C12H8Cl2N2O3/c13-7-8-2-1-5-15-12(8)19-11-6-9(14)3-4-10(11)16(17)18/h1-6H,7H2. The minimum Gasteiger partial charge on any atom is -0.431 e. The molecule has 2 aromatic rings. The summed E-state index contributed by atoms with van der Waals surface area (Å²) >= 11 is 11.6. The Morgan fingerprint density at radius 2 is 2.16 bits per heavy atom. The van der Waals surface area contributed by atoms with E-state index in [0.717, 1.165) is 0 Å². The van der Waals surface area contributed by atoms with E-state index in [9.17, 15) is 10.1 Å². The molecule has 7 heteroatoms. The quantitative estimate of drug-likeness (QED) is 0.482. The predicted molar refractivity (Wildman–Crippen MR) is 72.0 cm³/mol. The lowest BCUT2D eigenvalue weighted by Gasteiger charge is -2.08. The molecule has 0 aliphatic rings. The fourth-order valence-electron chi connectivity index (χ4n) is 1.44. The van der Waals surface area contributed by atoms with Crippen molar-refractivity contribution in [3.63, 3.8) is 0 Å². The highest BCUT2D eigenvalue weighted by molar-refractivity contribution is 6.30. The van der Waals surface area contributed by atoms with Crippen LogP contribution in [0.3, 0.4) is 0 Å². The molecule has 0 amide bonds. The summed E-state index contributed by atoms with van der Waals surface area (Å²) in [6.45, 7) is 0. The van der Waals surface area contributed by atoms with Crippen LogP contribution in [-0.4, -0.2) is 9.91 Å². The average molecular weight is 299 g/mol. The molecule has 1 heterocycles. The molecular weight excluding hydrogens is 291 g/mol. The largest absolute Gasteiger partial charge is 0.431 e. The van der Waals surface area contributed by atoms with Crippen LogP contribution in [0.4, 0.5) is 5.69 Å². The fourth-order valence-corrected chi connectivity index (χ4v) is 1.81. The number of rotatable bonds is 4. The summed E-state index contributed by atoms with van der Waals surface area (Å²) in [6.07, 6.45) is 1.52.